The second-order valence-corrected chi connectivity index (χ2v) is 6.24. The molecular weight excluding hydrogens is 334 g/mol. The number of para-hydroxylation sites is 1. The first kappa shape index (κ1) is 17.4. The maximum Gasteiger partial charge on any atom is 0.276 e. The zero-order chi connectivity index (χ0) is 17.6. The van der Waals surface area contributed by atoms with E-state index in [1.54, 1.807) is 24.3 Å². The van der Waals surface area contributed by atoms with E-state index in [0.717, 1.165) is 24.3 Å². The molecule has 0 aliphatic carbocycles. The monoisotopic (exact) mass is 349 g/mol. The van der Waals surface area contributed by atoms with Crippen LogP contribution in [0.15, 0.2) is 58.5 Å². The normalized spacial score (nSPS) is 11.4. The molecule has 0 heterocycles. The number of nitrogens with zero attached hydrogens (tertiary/aromatic N) is 2. The van der Waals surface area contributed by atoms with Gasteiger partial charge in [-0.1, -0.05) is 12.1 Å². The molecule has 1 N–H and O–H groups in total. The van der Waals surface area contributed by atoms with Crippen LogP contribution < -0.4 is 9.57 Å². The number of ether oxygens (including phenoxy) is 1. The van der Waals surface area contributed by atoms with E-state index < -0.39 is 14.9 Å². The summed E-state index contributed by atoms with van der Waals surface area (Å²) in [6.45, 7) is 2.31. The highest BCUT2D eigenvalue weighted by Crippen LogP contribution is 2.17. The first-order valence-electron chi connectivity index (χ1n) is 6.95. The lowest BCUT2D eigenvalue weighted by Crippen LogP contribution is -2.18. The number of nitrogens with one attached hydrogen (secondary N) is 1. The molecule has 0 aromatic heterocycles. The summed E-state index contributed by atoms with van der Waals surface area (Å²) in [5.41, 5.74) is 0.425. The van der Waals surface area contributed by atoms with Gasteiger partial charge in [0.15, 0.2) is 0 Å². The molecular formula is C15H15N3O5S. The van der Waals surface area contributed by atoms with E-state index in [1.165, 1.54) is 6.21 Å². The van der Waals surface area contributed by atoms with Crippen molar-refractivity contribution in [3.63, 3.8) is 0 Å². The molecule has 0 atom stereocenters. The van der Waals surface area contributed by atoms with Gasteiger partial charge in [-0.25, -0.2) is 4.83 Å². The Labute approximate surface area is 139 Å². The Hall–Kier alpha value is -2.94. The molecule has 0 saturated carbocycles. The number of benzene rings is 2. The van der Waals surface area contributed by atoms with Crippen molar-refractivity contribution in [2.24, 2.45) is 5.10 Å². The summed E-state index contributed by atoms with van der Waals surface area (Å²) in [6.07, 6.45) is 1.33. The average molecular weight is 349 g/mol. The molecule has 0 bridgehead atoms. The second-order valence-electron chi connectivity index (χ2n) is 4.57. The molecule has 0 unspecified atom stereocenters. The predicted molar refractivity (Wildman–Crippen MR) is 88.6 cm³/mol. The van der Waals surface area contributed by atoms with Crippen LogP contribution in [0.3, 0.4) is 0 Å². The third-order valence-electron chi connectivity index (χ3n) is 2.95. The molecule has 0 saturated heterocycles. The number of rotatable bonds is 7. The molecule has 0 fully saturated rings. The van der Waals surface area contributed by atoms with Gasteiger partial charge in [-0.05, 0) is 31.2 Å². The molecule has 0 spiro atoms. The molecule has 2 aromatic rings. The molecule has 9 heteroatoms. The van der Waals surface area contributed by atoms with E-state index in [2.05, 4.69) is 9.93 Å². The zero-order valence-electron chi connectivity index (χ0n) is 12.7. The fraction of sp³-hybridized carbons (Fsp3) is 0.133. The summed E-state index contributed by atoms with van der Waals surface area (Å²) < 4.78 is 29.6. The van der Waals surface area contributed by atoms with Crippen LogP contribution in [0.1, 0.15) is 12.5 Å². The molecule has 0 aliphatic rings. The summed E-state index contributed by atoms with van der Waals surface area (Å²) in [5.74, 6) is 0.582. The number of hydrazone groups is 1. The van der Waals surface area contributed by atoms with Crippen LogP contribution in [0, 0.1) is 10.1 Å². The number of hydrogen-bond acceptors (Lipinski definition) is 6. The minimum Gasteiger partial charge on any atom is -0.493 e. The predicted octanol–water partition coefficient (Wildman–Crippen LogP) is 2.31. The summed E-state index contributed by atoms with van der Waals surface area (Å²) in [4.78, 5) is 11.9. The minimum atomic E-state index is -3.91. The van der Waals surface area contributed by atoms with Gasteiger partial charge in [0.25, 0.3) is 15.7 Å². The number of hydrogen-bond donors (Lipinski definition) is 1. The number of nitro benzene ring substituents is 1. The van der Waals surface area contributed by atoms with Crippen molar-refractivity contribution in [3.8, 4) is 5.75 Å². The average Bonchev–Trinajstić information content (AvgIpc) is 2.56. The Morgan fingerprint density at radius 1 is 1.21 bits per heavy atom. The minimum absolute atomic E-state index is 0.122. The van der Waals surface area contributed by atoms with Gasteiger partial charge in [-0.2, -0.15) is 13.5 Å². The van der Waals surface area contributed by atoms with Crippen LogP contribution in [-0.4, -0.2) is 26.2 Å². The molecule has 2 aromatic carbocycles. The van der Waals surface area contributed by atoms with Crippen LogP contribution in [0.2, 0.25) is 0 Å². The van der Waals surface area contributed by atoms with Crippen molar-refractivity contribution in [1.29, 1.82) is 0 Å². The lowest BCUT2D eigenvalue weighted by Gasteiger charge is -2.06. The Morgan fingerprint density at radius 2 is 1.88 bits per heavy atom. The first-order chi connectivity index (χ1) is 11.4. The fourth-order valence-electron chi connectivity index (χ4n) is 1.84. The molecule has 8 nitrogen and oxygen atoms in total. The number of nitro groups is 1. The maximum atomic E-state index is 12.1. The Kier molecular flexibility index (Phi) is 5.48. The highest BCUT2D eigenvalue weighted by atomic mass is 32.2. The Morgan fingerprint density at radius 3 is 2.50 bits per heavy atom. The van der Waals surface area contributed by atoms with Gasteiger partial charge in [0.1, 0.15) is 5.75 Å². The largest absolute Gasteiger partial charge is 0.493 e. The van der Waals surface area contributed by atoms with Gasteiger partial charge in [0.2, 0.25) is 0 Å². The van der Waals surface area contributed by atoms with Crippen molar-refractivity contribution in [2.75, 3.05) is 6.61 Å². The lowest BCUT2D eigenvalue weighted by molar-refractivity contribution is -0.384. The Balaban J connectivity index is 2.14. The van der Waals surface area contributed by atoms with Crippen LogP contribution in [0.4, 0.5) is 5.69 Å². The molecule has 0 radical (unpaired) electrons. The highest BCUT2D eigenvalue weighted by molar-refractivity contribution is 7.89. The molecule has 126 valence electrons. The molecule has 0 amide bonds. The van der Waals surface area contributed by atoms with Gasteiger partial charge < -0.3 is 4.74 Å². The van der Waals surface area contributed by atoms with E-state index in [1.807, 2.05) is 6.92 Å². The van der Waals surface area contributed by atoms with Crippen molar-refractivity contribution < 1.29 is 18.1 Å². The summed E-state index contributed by atoms with van der Waals surface area (Å²) >= 11 is 0. The number of non-ortho nitro benzene ring substituents is 1. The van der Waals surface area contributed by atoms with Crippen LogP contribution in [0.5, 0.6) is 5.75 Å². The van der Waals surface area contributed by atoms with Gasteiger partial charge in [-0.3, -0.25) is 10.1 Å². The smallest absolute Gasteiger partial charge is 0.276 e. The van der Waals surface area contributed by atoms with E-state index >= 15 is 0 Å². The number of sulfonamides is 1. The van der Waals surface area contributed by atoms with E-state index in [9.17, 15) is 18.5 Å². The van der Waals surface area contributed by atoms with Crippen LogP contribution in [0.25, 0.3) is 0 Å². The van der Waals surface area contributed by atoms with Crippen LogP contribution in [-0.2, 0) is 10.0 Å². The maximum absolute atomic E-state index is 12.1. The summed E-state index contributed by atoms with van der Waals surface area (Å²) in [7, 11) is -3.91. The second kappa shape index (κ2) is 7.55. The van der Waals surface area contributed by atoms with E-state index in [-0.39, 0.29) is 10.6 Å². The van der Waals surface area contributed by atoms with E-state index in [0.29, 0.717) is 17.9 Å². The fourth-order valence-corrected chi connectivity index (χ4v) is 2.63. The van der Waals surface area contributed by atoms with Gasteiger partial charge in [0, 0.05) is 17.7 Å². The van der Waals surface area contributed by atoms with Crippen molar-refractivity contribution in [3.05, 3.63) is 64.2 Å². The third kappa shape index (κ3) is 4.29. The molecule has 0 aliphatic heterocycles. The molecule has 2 rings (SSSR count). The van der Waals surface area contributed by atoms with Crippen molar-refractivity contribution in [1.82, 2.24) is 4.83 Å². The quantitative estimate of drug-likeness (QED) is 0.468. The molecule has 24 heavy (non-hydrogen) atoms. The highest BCUT2D eigenvalue weighted by Gasteiger charge is 2.14. The van der Waals surface area contributed by atoms with Crippen molar-refractivity contribution >= 4 is 21.9 Å². The summed E-state index contributed by atoms with van der Waals surface area (Å²) in [5, 5.41) is 14.3. The van der Waals surface area contributed by atoms with Crippen molar-refractivity contribution in [2.45, 2.75) is 11.8 Å². The standard InChI is InChI=1S/C15H15N3O5S/c1-2-23-15-6-4-3-5-12(15)11-16-17-24(21,22)14-9-7-13(8-10-14)18(19)20/h3-11,17H,2H2,1H3/b16-11-. The third-order valence-corrected chi connectivity index (χ3v) is 4.19. The summed E-state index contributed by atoms with van der Waals surface area (Å²) in [6, 6.07) is 11.6. The van der Waals surface area contributed by atoms with Gasteiger partial charge >= 0.3 is 0 Å². The topological polar surface area (TPSA) is 111 Å². The van der Waals surface area contributed by atoms with Gasteiger partial charge in [-0.15, -0.1) is 0 Å². The zero-order valence-corrected chi connectivity index (χ0v) is 13.6. The SMILES string of the molecule is CCOc1ccccc1/C=N\NS(=O)(=O)c1ccc([N+](=O)[O-])cc1. The lowest BCUT2D eigenvalue weighted by atomic mass is 10.2. The van der Waals surface area contributed by atoms with Gasteiger partial charge in [0.05, 0.1) is 22.6 Å². The van der Waals surface area contributed by atoms with Crippen LogP contribution >= 0.6 is 0 Å². The first-order valence-corrected chi connectivity index (χ1v) is 8.43. The Bertz CT molecular complexity index is 848. The van der Waals surface area contributed by atoms with E-state index in [4.69, 9.17) is 4.74 Å².